The summed E-state index contributed by atoms with van der Waals surface area (Å²) >= 11 is 0. The molecule has 0 spiro atoms. The summed E-state index contributed by atoms with van der Waals surface area (Å²) in [7, 11) is 0. The van der Waals surface area contributed by atoms with Crippen LogP contribution in [0.15, 0.2) is 0 Å². The molecule has 3 atom stereocenters. The van der Waals surface area contributed by atoms with E-state index in [-0.39, 0.29) is 6.04 Å². The first-order valence-corrected chi connectivity index (χ1v) is 7.04. The molecule has 1 saturated carbocycles. The van der Waals surface area contributed by atoms with Crippen molar-refractivity contribution < 1.29 is 4.79 Å². The van der Waals surface area contributed by atoms with Crippen molar-refractivity contribution in [1.29, 1.82) is 0 Å². The summed E-state index contributed by atoms with van der Waals surface area (Å²) in [5.74, 6) is 1.12. The maximum Gasteiger partial charge on any atom is 0.146 e. The Balaban J connectivity index is 0.000000509. The Morgan fingerprint density at radius 2 is 1.62 bits per heavy atom. The molecule has 1 heterocycles. The topological polar surface area (TPSA) is 29.1 Å². The Kier molecular flexibility index (Phi) is 8.54. The zero-order valence-corrected chi connectivity index (χ0v) is 11.7. The molecular weight excluding hydrogens is 198 g/mol. The van der Waals surface area contributed by atoms with Crippen molar-refractivity contribution in [2.75, 3.05) is 0 Å². The number of hydrogen-bond donors (Lipinski definition) is 1. The largest absolute Gasteiger partial charge is 0.304 e. The maximum atomic E-state index is 11.1. The molecule has 2 aliphatic rings. The SMILES string of the molecule is CC.CC.CC(=O)C1CC2CCCCC2N1. The van der Waals surface area contributed by atoms with Crippen LogP contribution in [0.1, 0.15) is 66.7 Å². The lowest BCUT2D eigenvalue weighted by Crippen LogP contribution is -2.36. The van der Waals surface area contributed by atoms with Gasteiger partial charge in [-0.2, -0.15) is 0 Å². The molecule has 96 valence electrons. The summed E-state index contributed by atoms with van der Waals surface area (Å²) in [6.45, 7) is 9.70. The van der Waals surface area contributed by atoms with E-state index in [9.17, 15) is 4.79 Å². The number of rotatable bonds is 1. The molecular formula is C14H29NO. The molecule has 2 nitrogen and oxygen atoms in total. The van der Waals surface area contributed by atoms with Gasteiger partial charge in [0.1, 0.15) is 5.78 Å². The Labute approximate surface area is 101 Å². The van der Waals surface area contributed by atoms with Crippen LogP contribution in [0.25, 0.3) is 0 Å². The second-order valence-corrected chi connectivity index (χ2v) is 4.22. The van der Waals surface area contributed by atoms with Crippen LogP contribution in [-0.2, 0) is 4.79 Å². The average molecular weight is 227 g/mol. The molecule has 0 bridgehead atoms. The average Bonchev–Trinajstić information content (AvgIpc) is 2.78. The highest BCUT2D eigenvalue weighted by atomic mass is 16.1. The molecule has 16 heavy (non-hydrogen) atoms. The Bertz CT molecular complexity index is 177. The summed E-state index contributed by atoms with van der Waals surface area (Å²) in [6, 6.07) is 0.839. The molecule has 1 N–H and O–H groups in total. The highest BCUT2D eigenvalue weighted by molar-refractivity contribution is 5.81. The molecule has 2 heteroatoms. The molecule has 1 aliphatic carbocycles. The summed E-state index contributed by atoms with van der Waals surface area (Å²) in [5, 5.41) is 3.44. The van der Waals surface area contributed by atoms with Gasteiger partial charge in [0.2, 0.25) is 0 Å². The summed E-state index contributed by atoms with van der Waals surface area (Å²) in [5.41, 5.74) is 0. The summed E-state index contributed by atoms with van der Waals surface area (Å²) < 4.78 is 0. The van der Waals surface area contributed by atoms with Gasteiger partial charge >= 0.3 is 0 Å². The van der Waals surface area contributed by atoms with Crippen LogP contribution in [0.4, 0.5) is 0 Å². The van der Waals surface area contributed by atoms with E-state index in [0.717, 1.165) is 12.3 Å². The van der Waals surface area contributed by atoms with Gasteiger partial charge in [-0.1, -0.05) is 40.5 Å². The lowest BCUT2D eigenvalue weighted by Gasteiger charge is -2.24. The number of ketones is 1. The summed E-state index contributed by atoms with van der Waals surface area (Å²) in [4.78, 5) is 11.1. The van der Waals surface area contributed by atoms with Crippen LogP contribution < -0.4 is 5.32 Å². The second kappa shape index (κ2) is 8.74. The molecule has 2 fully saturated rings. The van der Waals surface area contributed by atoms with Crippen molar-refractivity contribution in [2.24, 2.45) is 5.92 Å². The van der Waals surface area contributed by atoms with Crippen LogP contribution in [0, 0.1) is 5.92 Å². The van der Waals surface area contributed by atoms with Gasteiger partial charge in [-0.3, -0.25) is 4.79 Å². The van der Waals surface area contributed by atoms with Gasteiger partial charge in [-0.05, 0) is 32.1 Å². The summed E-state index contributed by atoms with van der Waals surface area (Å²) in [6.07, 6.45) is 6.43. The molecule has 0 aromatic rings. The second-order valence-electron chi connectivity index (χ2n) is 4.22. The standard InChI is InChI=1S/C10H17NO.2C2H6/c1-7(12)10-6-8-4-2-3-5-9(8)11-10;2*1-2/h8-11H,2-6H2,1H3;2*1-2H3. The van der Waals surface area contributed by atoms with Crippen LogP contribution in [0.3, 0.4) is 0 Å². The Morgan fingerprint density at radius 1 is 1.06 bits per heavy atom. The maximum absolute atomic E-state index is 11.1. The van der Waals surface area contributed by atoms with Gasteiger partial charge < -0.3 is 5.32 Å². The van der Waals surface area contributed by atoms with E-state index in [1.807, 2.05) is 27.7 Å². The molecule has 0 aromatic heterocycles. The van der Waals surface area contributed by atoms with Crippen LogP contribution in [0.5, 0.6) is 0 Å². The molecule has 0 amide bonds. The van der Waals surface area contributed by atoms with Crippen molar-refractivity contribution in [1.82, 2.24) is 5.32 Å². The van der Waals surface area contributed by atoms with Crippen molar-refractivity contribution in [3.8, 4) is 0 Å². The van der Waals surface area contributed by atoms with E-state index in [0.29, 0.717) is 11.8 Å². The van der Waals surface area contributed by atoms with Crippen molar-refractivity contribution in [3.63, 3.8) is 0 Å². The normalized spacial score (nSPS) is 31.4. The first kappa shape index (κ1) is 15.6. The predicted molar refractivity (Wildman–Crippen MR) is 70.7 cm³/mol. The number of nitrogens with one attached hydrogen (secondary N) is 1. The smallest absolute Gasteiger partial charge is 0.146 e. The minimum absolute atomic E-state index is 0.179. The minimum Gasteiger partial charge on any atom is -0.304 e. The fourth-order valence-electron chi connectivity index (χ4n) is 2.62. The first-order chi connectivity index (χ1) is 7.77. The fourth-order valence-corrected chi connectivity index (χ4v) is 2.62. The highest BCUT2D eigenvalue weighted by Crippen LogP contribution is 2.33. The Morgan fingerprint density at radius 3 is 2.12 bits per heavy atom. The molecule has 3 unspecified atom stereocenters. The zero-order valence-electron chi connectivity index (χ0n) is 11.7. The third-order valence-corrected chi connectivity index (χ3v) is 3.35. The number of fused-ring (bicyclic) bond motifs is 1. The third-order valence-electron chi connectivity index (χ3n) is 3.35. The van der Waals surface area contributed by atoms with Gasteiger partial charge in [0, 0.05) is 6.04 Å². The van der Waals surface area contributed by atoms with E-state index < -0.39 is 0 Å². The lowest BCUT2D eigenvalue weighted by atomic mass is 9.85. The first-order valence-electron chi connectivity index (χ1n) is 7.04. The fraction of sp³-hybridized carbons (Fsp3) is 0.929. The van der Waals surface area contributed by atoms with Gasteiger partial charge in [0.25, 0.3) is 0 Å². The number of carbonyl (C=O) groups is 1. The van der Waals surface area contributed by atoms with E-state index >= 15 is 0 Å². The number of carbonyl (C=O) groups excluding carboxylic acids is 1. The third kappa shape index (κ3) is 4.25. The van der Waals surface area contributed by atoms with Crippen molar-refractivity contribution in [3.05, 3.63) is 0 Å². The van der Waals surface area contributed by atoms with E-state index in [1.54, 1.807) is 6.92 Å². The monoisotopic (exact) mass is 227 g/mol. The van der Waals surface area contributed by atoms with Crippen LogP contribution in [-0.4, -0.2) is 17.9 Å². The molecule has 1 aliphatic heterocycles. The van der Waals surface area contributed by atoms with Gasteiger partial charge in [0.05, 0.1) is 6.04 Å². The molecule has 1 saturated heterocycles. The van der Waals surface area contributed by atoms with Crippen molar-refractivity contribution >= 4 is 5.78 Å². The zero-order chi connectivity index (χ0) is 12.6. The molecule has 2 rings (SSSR count). The van der Waals surface area contributed by atoms with E-state index in [2.05, 4.69) is 5.32 Å². The van der Waals surface area contributed by atoms with E-state index in [1.165, 1.54) is 25.7 Å². The quantitative estimate of drug-likeness (QED) is 0.742. The predicted octanol–water partition coefficient (Wildman–Crippen LogP) is 3.55. The highest BCUT2D eigenvalue weighted by Gasteiger charge is 2.36. The molecule has 0 radical (unpaired) electrons. The van der Waals surface area contributed by atoms with Crippen LogP contribution in [0.2, 0.25) is 0 Å². The Hall–Kier alpha value is -0.370. The number of Topliss-reactive ketones (excluding diaryl/α,β-unsaturated/α-hetero) is 1. The number of hydrogen-bond acceptors (Lipinski definition) is 2. The van der Waals surface area contributed by atoms with Gasteiger partial charge in [-0.25, -0.2) is 0 Å². The van der Waals surface area contributed by atoms with Crippen LogP contribution >= 0.6 is 0 Å². The lowest BCUT2D eigenvalue weighted by molar-refractivity contribution is -0.118. The minimum atomic E-state index is 0.179. The van der Waals surface area contributed by atoms with Gasteiger partial charge in [-0.15, -0.1) is 0 Å². The molecule has 0 aromatic carbocycles. The van der Waals surface area contributed by atoms with E-state index in [4.69, 9.17) is 0 Å². The van der Waals surface area contributed by atoms with Crippen molar-refractivity contribution in [2.45, 2.75) is 78.8 Å². The van der Waals surface area contributed by atoms with Gasteiger partial charge in [0.15, 0.2) is 0 Å².